The first-order valence-corrected chi connectivity index (χ1v) is 10.3. The van der Waals surface area contributed by atoms with Crippen molar-refractivity contribution < 1.29 is 14.4 Å². The summed E-state index contributed by atoms with van der Waals surface area (Å²) in [6, 6.07) is 15.2. The molecular formula is C22H24BrN3O3. The lowest BCUT2D eigenvalue weighted by Crippen LogP contribution is -2.38. The average Bonchev–Trinajstić information content (AvgIpc) is 3.10. The number of anilines is 1. The number of benzene rings is 2. The Bertz CT molecular complexity index is 917. The SMILES string of the molecule is Cc1cc(Br)ccc1NC(=O)CNC(=O)[C@@H]1CC(=O)N([C@H](C)c2ccccc2)C1. The largest absolute Gasteiger partial charge is 0.347 e. The van der Waals surface area contributed by atoms with Gasteiger partial charge < -0.3 is 15.5 Å². The van der Waals surface area contributed by atoms with Crippen LogP contribution in [0.4, 0.5) is 5.69 Å². The lowest BCUT2D eigenvalue weighted by Gasteiger charge is -2.25. The first-order chi connectivity index (χ1) is 13.8. The van der Waals surface area contributed by atoms with E-state index in [4.69, 9.17) is 0 Å². The molecule has 1 aliphatic heterocycles. The predicted octanol–water partition coefficient (Wildman–Crippen LogP) is 3.42. The third-order valence-electron chi connectivity index (χ3n) is 5.16. The van der Waals surface area contributed by atoms with Gasteiger partial charge in [0, 0.05) is 23.1 Å². The molecule has 0 saturated carbocycles. The number of likely N-dealkylation sites (tertiary alicyclic amines) is 1. The maximum absolute atomic E-state index is 12.5. The van der Waals surface area contributed by atoms with Crippen LogP contribution < -0.4 is 10.6 Å². The summed E-state index contributed by atoms with van der Waals surface area (Å²) >= 11 is 3.38. The first kappa shape index (κ1) is 21.0. The fourth-order valence-electron chi connectivity index (χ4n) is 3.47. The van der Waals surface area contributed by atoms with Crippen LogP contribution in [-0.4, -0.2) is 35.7 Å². The number of nitrogens with zero attached hydrogens (tertiary/aromatic N) is 1. The molecule has 1 fully saturated rings. The van der Waals surface area contributed by atoms with Crippen LogP contribution in [0.1, 0.15) is 30.5 Å². The van der Waals surface area contributed by atoms with Crippen molar-refractivity contribution in [1.82, 2.24) is 10.2 Å². The molecule has 1 heterocycles. The fraction of sp³-hybridized carbons (Fsp3) is 0.318. The van der Waals surface area contributed by atoms with Gasteiger partial charge in [-0.25, -0.2) is 0 Å². The number of amides is 3. The van der Waals surface area contributed by atoms with Gasteiger partial charge in [0.25, 0.3) is 0 Å². The van der Waals surface area contributed by atoms with Gasteiger partial charge in [-0.2, -0.15) is 0 Å². The molecule has 2 atom stereocenters. The number of aryl methyl sites for hydroxylation is 1. The number of halogens is 1. The smallest absolute Gasteiger partial charge is 0.243 e. The molecule has 29 heavy (non-hydrogen) atoms. The van der Waals surface area contributed by atoms with Crippen molar-refractivity contribution in [2.24, 2.45) is 5.92 Å². The Hall–Kier alpha value is -2.67. The zero-order valence-electron chi connectivity index (χ0n) is 16.4. The molecule has 2 aromatic carbocycles. The monoisotopic (exact) mass is 457 g/mol. The van der Waals surface area contributed by atoms with Gasteiger partial charge in [0.15, 0.2) is 0 Å². The average molecular weight is 458 g/mol. The zero-order valence-corrected chi connectivity index (χ0v) is 18.0. The van der Waals surface area contributed by atoms with Crippen molar-refractivity contribution in [1.29, 1.82) is 0 Å². The van der Waals surface area contributed by atoms with Gasteiger partial charge in [0.2, 0.25) is 17.7 Å². The third-order valence-corrected chi connectivity index (χ3v) is 5.66. The van der Waals surface area contributed by atoms with Crippen molar-refractivity contribution in [3.05, 3.63) is 64.1 Å². The summed E-state index contributed by atoms with van der Waals surface area (Å²) in [5, 5.41) is 5.44. The molecule has 1 aliphatic rings. The van der Waals surface area contributed by atoms with E-state index in [2.05, 4.69) is 26.6 Å². The highest BCUT2D eigenvalue weighted by Crippen LogP contribution is 2.28. The molecule has 0 unspecified atom stereocenters. The van der Waals surface area contributed by atoms with Crippen LogP contribution in [0.5, 0.6) is 0 Å². The summed E-state index contributed by atoms with van der Waals surface area (Å²) in [5.41, 5.74) is 2.66. The molecule has 0 radical (unpaired) electrons. The summed E-state index contributed by atoms with van der Waals surface area (Å²) < 4.78 is 0.932. The number of carbonyl (C=O) groups is 3. The van der Waals surface area contributed by atoms with Crippen LogP contribution in [-0.2, 0) is 14.4 Å². The van der Waals surface area contributed by atoms with Gasteiger partial charge in [0.1, 0.15) is 0 Å². The summed E-state index contributed by atoms with van der Waals surface area (Å²) in [4.78, 5) is 38.8. The third kappa shape index (κ3) is 5.23. The van der Waals surface area contributed by atoms with E-state index in [-0.39, 0.29) is 36.7 Å². The van der Waals surface area contributed by atoms with Crippen LogP contribution in [0.25, 0.3) is 0 Å². The Morgan fingerprint density at radius 2 is 1.93 bits per heavy atom. The Balaban J connectivity index is 1.52. The van der Waals surface area contributed by atoms with Gasteiger partial charge >= 0.3 is 0 Å². The summed E-state index contributed by atoms with van der Waals surface area (Å²) in [6.45, 7) is 4.08. The summed E-state index contributed by atoms with van der Waals surface area (Å²) in [7, 11) is 0. The van der Waals surface area contributed by atoms with E-state index >= 15 is 0 Å². The molecule has 2 N–H and O–H groups in total. The van der Waals surface area contributed by atoms with E-state index < -0.39 is 5.92 Å². The Kier molecular flexibility index (Phi) is 6.69. The molecular weight excluding hydrogens is 434 g/mol. The maximum atomic E-state index is 12.5. The lowest BCUT2D eigenvalue weighted by molar-refractivity contribution is -0.130. The quantitative estimate of drug-likeness (QED) is 0.697. The molecule has 0 aliphatic carbocycles. The van der Waals surface area contributed by atoms with Crippen LogP contribution in [0, 0.1) is 12.8 Å². The van der Waals surface area contributed by atoms with E-state index in [0.29, 0.717) is 12.2 Å². The van der Waals surface area contributed by atoms with Crippen LogP contribution in [0.2, 0.25) is 0 Å². The molecule has 1 saturated heterocycles. The van der Waals surface area contributed by atoms with Gasteiger partial charge in [-0.15, -0.1) is 0 Å². The van der Waals surface area contributed by atoms with E-state index in [9.17, 15) is 14.4 Å². The number of carbonyl (C=O) groups excluding carboxylic acids is 3. The molecule has 0 bridgehead atoms. The van der Waals surface area contributed by atoms with Crippen molar-refractivity contribution in [3.63, 3.8) is 0 Å². The van der Waals surface area contributed by atoms with E-state index in [0.717, 1.165) is 15.6 Å². The first-order valence-electron chi connectivity index (χ1n) is 9.53. The zero-order chi connectivity index (χ0) is 21.0. The van der Waals surface area contributed by atoms with Crippen LogP contribution >= 0.6 is 15.9 Å². The fourth-order valence-corrected chi connectivity index (χ4v) is 3.94. The number of rotatable bonds is 6. The topological polar surface area (TPSA) is 78.5 Å². The van der Waals surface area contributed by atoms with Crippen molar-refractivity contribution in [3.8, 4) is 0 Å². The summed E-state index contributed by atoms with van der Waals surface area (Å²) in [6.07, 6.45) is 0.163. The van der Waals surface area contributed by atoms with Crippen LogP contribution in [0.3, 0.4) is 0 Å². The molecule has 6 nitrogen and oxygen atoms in total. The molecule has 2 aromatic rings. The van der Waals surface area contributed by atoms with E-state index in [1.54, 1.807) is 11.0 Å². The number of hydrogen-bond donors (Lipinski definition) is 2. The second kappa shape index (κ2) is 9.22. The number of nitrogens with one attached hydrogen (secondary N) is 2. The highest BCUT2D eigenvalue weighted by atomic mass is 79.9. The highest BCUT2D eigenvalue weighted by molar-refractivity contribution is 9.10. The molecule has 7 heteroatoms. The Morgan fingerprint density at radius 3 is 2.62 bits per heavy atom. The minimum atomic E-state index is -0.448. The van der Waals surface area contributed by atoms with Crippen molar-refractivity contribution in [2.75, 3.05) is 18.4 Å². The van der Waals surface area contributed by atoms with Crippen LogP contribution in [0.15, 0.2) is 53.0 Å². The maximum Gasteiger partial charge on any atom is 0.243 e. The minimum Gasteiger partial charge on any atom is -0.347 e. The van der Waals surface area contributed by atoms with Gasteiger partial charge in [-0.1, -0.05) is 46.3 Å². The highest BCUT2D eigenvalue weighted by Gasteiger charge is 2.37. The standard InChI is InChI=1S/C22H24BrN3O3/c1-14-10-18(23)8-9-19(14)25-20(27)12-24-22(29)17-11-21(28)26(13-17)15(2)16-6-4-3-5-7-16/h3-10,15,17H,11-13H2,1-2H3,(H,24,29)(H,25,27)/t15-,17-/m1/s1. The minimum absolute atomic E-state index is 0.0450. The normalized spacial score (nSPS) is 17.1. The van der Waals surface area contributed by atoms with Crippen molar-refractivity contribution in [2.45, 2.75) is 26.3 Å². The Morgan fingerprint density at radius 1 is 1.21 bits per heavy atom. The van der Waals surface area contributed by atoms with E-state index in [1.165, 1.54) is 0 Å². The molecule has 0 spiro atoms. The van der Waals surface area contributed by atoms with E-state index in [1.807, 2.05) is 56.3 Å². The predicted molar refractivity (Wildman–Crippen MR) is 115 cm³/mol. The number of hydrogen-bond acceptors (Lipinski definition) is 3. The van der Waals surface area contributed by atoms with Gasteiger partial charge in [-0.3, -0.25) is 14.4 Å². The second-order valence-corrected chi connectivity index (χ2v) is 8.17. The van der Waals surface area contributed by atoms with Crippen molar-refractivity contribution >= 4 is 39.3 Å². The molecule has 152 valence electrons. The van der Waals surface area contributed by atoms with Gasteiger partial charge in [0.05, 0.1) is 18.5 Å². The molecule has 3 rings (SSSR count). The second-order valence-electron chi connectivity index (χ2n) is 7.26. The lowest BCUT2D eigenvalue weighted by atomic mass is 10.1. The van der Waals surface area contributed by atoms with Gasteiger partial charge in [-0.05, 0) is 43.2 Å². The Labute approximate surface area is 178 Å². The summed E-state index contributed by atoms with van der Waals surface area (Å²) in [5.74, 6) is -1.07. The molecule has 3 amide bonds. The molecule has 0 aromatic heterocycles.